The van der Waals surface area contributed by atoms with Crippen molar-refractivity contribution in [3.05, 3.63) is 11.9 Å². The van der Waals surface area contributed by atoms with Gasteiger partial charge in [-0.15, -0.1) is 5.10 Å². The second-order valence-corrected chi connectivity index (χ2v) is 3.32. The topological polar surface area (TPSA) is 56.7 Å². The van der Waals surface area contributed by atoms with Crippen LogP contribution < -0.4 is 5.73 Å². The Morgan fingerprint density at radius 2 is 2.42 bits per heavy atom. The van der Waals surface area contributed by atoms with Gasteiger partial charge in [0.25, 0.3) is 0 Å². The second-order valence-electron chi connectivity index (χ2n) is 3.32. The molecule has 2 N–H and O–H groups in total. The molecule has 1 aliphatic carbocycles. The third-order valence-corrected chi connectivity index (χ3v) is 2.44. The highest BCUT2D eigenvalue weighted by atomic mass is 15.4. The van der Waals surface area contributed by atoms with Gasteiger partial charge in [0, 0.05) is 18.7 Å². The largest absolute Gasteiger partial charge is 0.329 e. The van der Waals surface area contributed by atoms with E-state index in [0.29, 0.717) is 12.5 Å². The molecular formula is C8H14N4. The minimum absolute atomic E-state index is 0.632. The van der Waals surface area contributed by atoms with Crippen LogP contribution in [0.5, 0.6) is 0 Å². The van der Waals surface area contributed by atoms with Crippen molar-refractivity contribution in [3.8, 4) is 0 Å². The molecular weight excluding hydrogens is 152 g/mol. The molecule has 0 saturated heterocycles. The minimum atomic E-state index is 0.632. The lowest BCUT2D eigenvalue weighted by atomic mass is 9.83. The molecule has 66 valence electrons. The SMILES string of the molecule is NCCn1cc(C2CCC2)nn1. The molecule has 1 saturated carbocycles. The van der Waals surface area contributed by atoms with E-state index in [0.717, 1.165) is 12.2 Å². The number of nitrogens with two attached hydrogens (primary N) is 1. The van der Waals surface area contributed by atoms with Gasteiger partial charge in [-0.1, -0.05) is 11.6 Å². The summed E-state index contributed by atoms with van der Waals surface area (Å²) in [5.74, 6) is 0.677. The molecule has 1 aromatic heterocycles. The van der Waals surface area contributed by atoms with Crippen molar-refractivity contribution in [2.75, 3.05) is 6.54 Å². The van der Waals surface area contributed by atoms with Gasteiger partial charge in [0.15, 0.2) is 0 Å². The van der Waals surface area contributed by atoms with Crippen LogP contribution in [-0.2, 0) is 6.54 Å². The van der Waals surface area contributed by atoms with Gasteiger partial charge in [-0.05, 0) is 12.8 Å². The number of hydrogen-bond donors (Lipinski definition) is 1. The highest BCUT2D eigenvalue weighted by Crippen LogP contribution is 2.34. The van der Waals surface area contributed by atoms with E-state index in [1.165, 1.54) is 19.3 Å². The molecule has 0 aromatic carbocycles. The van der Waals surface area contributed by atoms with Gasteiger partial charge in [0.05, 0.1) is 12.2 Å². The van der Waals surface area contributed by atoms with E-state index in [9.17, 15) is 0 Å². The molecule has 2 rings (SSSR count). The monoisotopic (exact) mass is 166 g/mol. The van der Waals surface area contributed by atoms with E-state index in [1.807, 2.05) is 10.9 Å². The molecule has 4 heteroatoms. The summed E-state index contributed by atoms with van der Waals surface area (Å²) < 4.78 is 1.83. The molecule has 12 heavy (non-hydrogen) atoms. The zero-order valence-electron chi connectivity index (χ0n) is 7.11. The maximum absolute atomic E-state index is 5.40. The fourth-order valence-electron chi connectivity index (χ4n) is 1.45. The summed E-state index contributed by atoms with van der Waals surface area (Å²) in [4.78, 5) is 0. The maximum atomic E-state index is 5.40. The summed E-state index contributed by atoms with van der Waals surface area (Å²) in [6.45, 7) is 1.41. The number of nitrogens with zero attached hydrogens (tertiary/aromatic N) is 3. The first-order valence-electron chi connectivity index (χ1n) is 4.50. The second kappa shape index (κ2) is 3.23. The Hall–Kier alpha value is -0.900. The molecule has 0 bridgehead atoms. The smallest absolute Gasteiger partial charge is 0.0857 e. The lowest BCUT2D eigenvalue weighted by Gasteiger charge is -2.22. The minimum Gasteiger partial charge on any atom is -0.329 e. The summed E-state index contributed by atoms with van der Waals surface area (Å²) in [7, 11) is 0. The average Bonchev–Trinajstić information content (AvgIpc) is 2.34. The van der Waals surface area contributed by atoms with Crippen molar-refractivity contribution in [3.63, 3.8) is 0 Å². The van der Waals surface area contributed by atoms with Gasteiger partial charge >= 0.3 is 0 Å². The Morgan fingerprint density at radius 3 is 3.00 bits per heavy atom. The quantitative estimate of drug-likeness (QED) is 0.711. The van der Waals surface area contributed by atoms with E-state index >= 15 is 0 Å². The highest BCUT2D eigenvalue weighted by molar-refractivity contribution is 5.05. The van der Waals surface area contributed by atoms with Crippen molar-refractivity contribution in [2.24, 2.45) is 5.73 Å². The molecule has 0 unspecified atom stereocenters. The fourth-order valence-corrected chi connectivity index (χ4v) is 1.45. The molecule has 0 aliphatic heterocycles. The van der Waals surface area contributed by atoms with Gasteiger partial charge < -0.3 is 5.73 Å². The molecule has 0 spiro atoms. The van der Waals surface area contributed by atoms with Gasteiger partial charge in [0.2, 0.25) is 0 Å². The van der Waals surface area contributed by atoms with Crippen LogP contribution in [0.1, 0.15) is 30.9 Å². The summed E-state index contributed by atoms with van der Waals surface area (Å²) in [5.41, 5.74) is 6.55. The fraction of sp³-hybridized carbons (Fsp3) is 0.750. The Bertz CT molecular complexity index is 251. The van der Waals surface area contributed by atoms with E-state index in [2.05, 4.69) is 10.3 Å². The first-order valence-corrected chi connectivity index (χ1v) is 4.50. The van der Waals surface area contributed by atoms with E-state index < -0.39 is 0 Å². The van der Waals surface area contributed by atoms with Crippen LogP contribution >= 0.6 is 0 Å². The van der Waals surface area contributed by atoms with Crippen molar-refractivity contribution in [1.29, 1.82) is 0 Å². The molecule has 1 aromatic rings. The van der Waals surface area contributed by atoms with E-state index in [1.54, 1.807) is 0 Å². The summed E-state index contributed by atoms with van der Waals surface area (Å²) >= 11 is 0. The summed E-state index contributed by atoms with van der Waals surface area (Å²) in [6.07, 6.45) is 5.92. The molecule has 0 atom stereocenters. The predicted octanol–water partition coefficient (Wildman–Crippen LogP) is 0.504. The Kier molecular flexibility index (Phi) is 2.08. The van der Waals surface area contributed by atoms with Crippen LogP contribution in [0.25, 0.3) is 0 Å². The highest BCUT2D eigenvalue weighted by Gasteiger charge is 2.22. The first-order chi connectivity index (χ1) is 5.90. The molecule has 0 amide bonds. The first kappa shape index (κ1) is 7.73. The van der Waals surface area contributed by atoms with Crippen molar-refractivity contribution in [2.45, 2.75) is 31.7 Å². The number of aromatic nitrogens is 3. The maximum Gasteiger partial charge on any atom is 0.0857 e. The third kappa shape index (κ3) is 1.34. The van der Waals surface area contributed by atoms with Crippen LogP contribution in [0.3, 0.4) is 0 Å². The Labute approximate surface area is 71.8 Å². The zero-order chi connectivity index (χ0) is 8.39. The zero-order valence-corrected chi connectivity index (χ0v) is 7.11. The summed E-state index contributed by atoms with van der Waals surface area (Å²) in [6, 6.07) is 0. The van der Waals surface area contributed by atoms with Crippen molar-refractivity contribution >= 4 is 0 Å². The van der Waals surface area contributed by atoms with Crippen LogP contribution in [-0.4, -0.2) is 21.5 Å². The van der Waals surface area contributed by atoms with Crippen LogP contribution in [0, 0.1) is 0 Å². The normalized spacial score (nSPS) is 17.8. The summed E-state index contributed by atoms with van der Waals surface area (Å²) in [5, 5.41) is 8.11. The molecule has 1 aliphatic rings. The Morgan fingerprint density at radius 1 is 1.58 bits per heavy atom. The third-order valence-electron chi connectivity index (χ3n) is 2.44. The van der Waals surface area contributed by atoms with Gasteiger partial charge in [-0.25, -0.2) is 0 Å². The Balaban J connectivity index is 2.02. The molecule has 1 fully saturated rings. The van der Waals surface area contributed by atoms with Gasteiger partial charge in [-0.2, -0.15) is 0 Å². The lowest BCUT2D eigenvalue weighted by molar-refractivity contribution is 0.410. The number of hydrogen-bond acceptors (Lipinski definition) is 3. The lowest BCUT2D eigenvalue weighted by Crippen LogP contribution is -2.10. The molecule has 0 radical (unpaired) electrons. The van der Waals surface area contributed by atoms with Crippen molar-refractivity contribution < 1.29 is 0 Å². The van der Waals surface area contributed by atoms with Crippen LogP contribution in [0.2, 0.25) is 0 Å². The number of rotatable bonds is 3. The van der Waals surface area contributed by atoms with Crippen molar-refractivity contribution in [1.82, 2.24) is 15.0 Å². The molecule has 1 heterocycles. The molecule has 4 nitrogen and oxygen atoms in total. The predicted molar refractivity (Wildman–Crippen MR) is 45.7 cm³/mol. The van der Waals surface area contributed by atoms with Crippen LogP contribution in [0.4, 0.5) is 0 Å². The average molecular weight is 166 g/mol. The standard InChI is InChI=1S/C8H14N4/c9-4-5-12-6-8(10-11-12)7-2-1-3-7/h6-7H,1-5,9H2. The van der Waals surface area contributed by atoms with Gasteiger partial charge in [0.1, 0.15) is 0 Å². The van der Waals surface area contributed by atoms with Crippen LogP contribution in [0.15, 0.2) is 6.20 Å². The van der Waals surface area contributed by atoms with E-state index in [-0.39, 0.29) is 0 Å². The van der Waals surface area contributed by atoms with Gasteiger partial charge in [-0.3, -0.25) is 4.68 Å². The van der Waals surface area contributed by atoms with E-state index in [4.69, 9.17) is 5.73 Å².